The summed E-state index contributed by atoms with van der Waals surface area (Å²) in [4.78, 5) is 35.0. The van der Waals surface area contributed by atoms with E-state index in [0.29, 0.717) is 6.61 Å². The molecule has 0 saturated heterocycles. The summed E-state index contributed by atoms with van der Waals surface area (Å²) in [6, 6.07) is 0. The van der Waals surface area contributed by atoms with Gasteiger partial charge in [0.2, 0.25) is 5.91 Å². The minimum Gasteiger partial charge on any atom is -0.465 e. The van der Waals surface area contributed by atoms with Gasteiger partial charge in [0.15, 0.2) is 0 Å². The van der Waals surface area contributed by atoms with E-state index in [2.05, 4.69) is 0 Å². The zero-order valence-electron chi connectivity index (χ0n) is 10.5. The Labute approximate surface area is 101 Å². The Balaban J connectivity index is 4.35. The number of hydrogen-bond donors (Lipinski definition) is 0. The number of hydrogen-bond acceptors (Lipinski definition) is 5. The topological polar surface area (TPSA) is 72.9 Å². The van der Waals surface area contributed by atoms with Crippen LogP contribution in [-0.4, -0.2) is 56.0 Å². The van der Waals surface area contributed by atoms with Crippen LogP contribution in [0.15, 0.2) is 0 Å². The number of carbonyl (C=O) groups is 3. The van der Waals surface area contributed by atoms with Gasteiger partial charge in [-0.15, -0.1) is 0 Å². The fraction of sp³-hybridized carbons (Fsp3) is 0.727. The molecule has 0 aliphatic carbocycles. The van der Waals surface area contributed by atoms with Gasteiger partial charge in [-0.25, -0.2) is 0 Å². The number of rotatable bonds is 8. The van der Waals surface area contributed by atoms with Gasteiger partial charge in [0.25, 0.3) is 0 Å². The average Bonchev–Trinajstić information content (AvgIpc) is 2.23. The molecule has 0 bridgehead atoms. The minimum atomic E-state index is -0.486. The Hall–Kier alpha value is -1.43. The zero-order valence-corrected chi connectivity index (χ0v) is 10.5. The van der Waals surface area contributed by atoms with E-state index in [0.717, 1.165) is 0 Å². The van der Waals surface area contributed by atoms with Crippen LogP contribution < -0.4 is 0 Å². The lowest BCUT2D eigenvalue weighted by molar-refractivity contribution is -0.150. The molecule has 0 spiro atoms. The Morgan fingerprint density at radius 2 is 1.88 bits per heavy atom. The van der Waals surface area contributed by atoms with Crippen LogP contribution in [0, 0.1) is 0 Å². The van der Waals surface area contributed by atoms with Gasteiger partial charge < -0.3 is 14.4 Å². The maximum Gasteiger partial charge on any atom is 0.325 e. The maximum absolute atomic E-state index is 11.6. The molecule has 0 aliphatic heterocycles. The largest absolute Gasteiger partial charge is 0.465 e. The Kier molecular flexibility index (Phi) is 7.96. The molecule has 6 heteroatoms. The third-order valence-corrected chi connectivity index (χ3v) is 1.94. The van der Waals surface area contributed by atoms with Crippen LogP contribution >= 0.6 is 0 Å². The van der Waals surface area contributed by atoms with Crippen molar-refractivity contribution in [1.82, 2.24) is 4.90 Å². The van der Waals surface area contributed by atoms with E-state index in [1.807, 2.05) is 0 Å². The third-order valence-electron chi connectivity index (χ3n) is 1.94. The molecule has 98 valence electrons. The first-order valence-electron chi connectivity index (χ1n) is 5.43. The van der Waals surface area contributed by atoms with Crippen molar-refractivity contribution in [2.24, 2.45) is 0 Å². The van der Waals surface area contributed by atoms with E-state index >= 15 is 0 Å². The number of ketones is 1. The highest BCUT2D eigenvalue weighted by Crippen LogP contribution is 1.97. The first kappa shape index (κ1) is 15.6. The third kappa shape index (κ3) is 7.46. The molecule has 0 atom stereocenters. The molecular weight excluding hydrogens is 226 g/mol. The molecule has 0 N–H and O–H groups in total. The van der Waals surface area contributed by atoms with Crippen LogP contribution in [0.4, 0.5) is 0 Å². The van der Waals surface area contributed by atoms with E-state index in [9.17, 15) is 14.4 Å². The second-order valence-electron chi connectivity index (χ2n) is 3.49. The summed E-state index contributed by atoms with van der Waals surface area (Å²) in [5.41, 5.74) is 0. The highest BCUT2D eigenvalue weighted by molar-refractivity contribution is 5.97. The van der Waals surface area contributed by atoms with Gasteiger partial charge in [-0.3, -0.25) is 14.4 Å². The Bertz CT molecular complexity index is 277. The quantitative estimate of drug-likeness (QED) is 0.444. The Morgan fingerprint density at radius 1 is 1.24 bits per heavy atom. The monoisotopic (exact) mass is 245 g/mol. The van der Waals surface area contributed by atoms with Crippen molar-refractivity contribution in [3.63, 3.8) is 0 Å². The number of nitrogens with zero attached hydrogens (tertiary/aromatic N) is 1. The highest BCUT2D eigenvalue weighted by atomic mass is 16.5. The van der Waals surface area contributed by atoms with Gasteiger partial charge in [0.05, 0.1) is 19.6 Å². The van der Waals surface area contributed by atoms with Crippen molar-refractivity contribution < 1.29 is 23.9 Å². The number of esters is 1. The summed E-state index contributed by atoms with van der Waals surface area (Å²) in [5, 5.41) is 0. The van der Waals surface area contributed by atoms with Crippen molar-refractivity contribution in [2.45, 2.75) is 20.3 Å². The fourth-order valence-electron chi connectivity index (χ4n) is 1.18. The van der Waals surface area contributed by atoms with Crippen LogP contribution in [0.1, 0.15) is 20.3 Å². The predicted octanol–water partition coefficient (Wildman–Crippen LogP) is 0.00360. The molecule has 1 amide bonds. The van der Waals surface area contributed by atoms with Crippen molar-refractivity contribution in [3.05, 3.63) is 0 Å². The van der Waals surface area contributed by atoms with Gasteiger partial charge in [-0.05, 0) is 13.8 Å². The lowest BCUT2D eigenvalue weighted by atomic mass is 10.2. The average molecular weight is 245 g/mol. The summed E-state index contributed by atoms with van der Waals surface area (Å²) < 4.78 is 9.59. The van der Waals surface area contributed by atoms with Crippen LogP contribution in [0.5, 0.6) is 0 Å². The zero-order chi connectivity index (χ0) is 13.3. The van der Waals surface area contributed by atoms with Gasteiger partial charge in [-0.1, -0.05) is 0 Å². The molecule has 0 fully saturated rings. The first-order valence-corrected chi connectivity index (χ1v) is 5.43. The maximum atomic E-state index is 11.6. The number of Topliss-reactive ketones (excluding diaryl/α,β-unsaturated/α-hetero) is 1. The van der Waals surface area contributed by atoms with E-state index in [-0.39, 0.29) is 37.8 Å². The van der Waals surface area contributed by atoms with Crippen molar-refractivity contribution in [3.8, 4) is 0 Å². The summed E-state index contributed by atoms with van der Waals surface area (Å²) in [6.45, 7) is 3.71. The van der Waals surface area contributed by atoms with Crippen LogP contribution in [0.2, 0.25) is 0 Å². The molecule has 0 aliphatic rings. The summed E-state index contributed by atoms with van der Waals surface area (Å²) >= 11 is 0. The van der Waals surface area contributed by atoms with Crippen molar-refractivity contribution in [1.29, 1.82) is 0 Å². The lowest BCUT2D eigenvalue weighted by Crippen LogP contribution is -2.39. The van der Waals surface area contributed by atoms with Crippen LogP contribution in [0.3, 0.4) is 0 Å². The lowest BCUT2D eigenvalue weighted by Gasteiger charge is -2.20. The minimum absolute atomic E-state index is 0.149. The van der Waals surface area contributed by atoms with E-state index in [4.69, 9.17) is 9.47 Å². The van der Waals surface area contributed by atoms with Gasteiger partial charge >= 0.3 is 5.97 Å². The van der Waals surface area contributed by atoms with Gasteiger partial charge in [0, 0.05) is 13.7 Å². The second kappa shape index (κ2) is 8.69. The fourth-order valence-corrected chi connectivity index (χ4v) is 1.18. The standard InChI is InChI=1S/C11H19NO5/c1-4-17-11(15)8-12(5-6-16-3)10(14)7-9(2)13/h4-8H2,1-3H3. The molecule has 0 saturated carbocycles. The molecule has 0 aromatic carbocycles. The molecule has 0 aromatic rings. The van der Waals surface area contributed by atoms with Gasteiger partial charge in [-0.2, -0.15) is 0 Å². The molecule has 0 rings (SSSR count). The molecule has 0 heterocycles. The van der Waals surface area contributed by atoms with Crippen LogP contribution in [-0.2, 0) is 23.9 Å². The molecule has 0 radical (unpaired) electrons. The van der Waals surface area contributed by atoms with Crippen molar-refractivity contribution in [2.75, 3.05) is 33.4 Å². The molecule has 0 unspecified atom stereocenters. The molecule has 6 nitrogen and oxygen atoms in total. The normalized spacial score (nSPS) is 9.82. The predicted molar refractivity (Wildman–Crippen MR) is 60.4 cm³/mol. The summed E-state index contributed by atoms with van der Waals surface area (Å²) in [7, 11) is 1.50. The number of carbonyl (C=O) groups excluding carboxylic acids is 3. The number of methoxy groups -OCH3 is 1. The molecule has 0 aromatic heterocycles. The summed E-state index contributed by atoms with van der Waals surface area (Å²) in [6.07, 6.45) is -0.205. The van der Waals surface area contributed by atoms with Gasteiger partial charge in [0.1, 0.15) is 12.3 Å². The first-order chi connectivity index (χ1) is 8.01. The van der Waals surface area contributed by atoms with E-state index < -0.39 is 5.97 Å². The Morgan fingerprint density at radius 3 is 2.35 bits per heavy atom. The highest BCUT2D eigenvalue weighted by Gasteiger charge is 2.18. The van der Waals surface area contributed by atoms with Crippen molar-refractivity contribution >= 4 is 17.7 Å². The van der Waals surface area contributed by atoms with Crippen LogP contribution in [0.25, 0.3) is 0 Å². The van der Waals surface area contributed by atoms with E-state index in [1.165, 1.54) is 18.9 Å². The smallest absolute Gasteiger partial charge is 0.325 e. The number of ether oxygens (including phenoxy) is 2. The van der Waals surface area contributed by atoms with E-state index in [1.54, 1.807) is 6.92 Å². The SMILES string of the molecule is CCOC(=O)CN(CCOC)C(=O)CC(C)=O. The summed E-state index contributed by atoms with van der Waals surface area (Å²) in [5.74, 6) is -1.11. The molecular formula is C11H19NO5. The second-order valence-corrected chi connectivity index (χ2v) is 3.49. The molecule has 17 heavy (non-hydrogen) atoms. The number of amides is 1.